The van der Waals surface area contributed by atoms with Crippen LogP contribution in [0.4, 0.5) is 5.69 Å². The maximum atomic E-state index is 11.8. The van der Waals surface area contributed by atoms with Gasteiger partial charge in [-0.05, 0) is 38.8 Å². The number of allylic oxidation sites excluding steroid dienone is 1. The van der Waals surface area contributed by atoms with Crippen molar-refractivity contribution in [2.24, 2.45) is 0 Å². The molecule has 1 aromatic rings. The van der Waals surface area contributed by atoms with Crippen molar-refractivity contribution in [3.63, 3.8) is 0 Å². The molecule has 21 heavy (non-hydrogen) atoms. The third kappa shape index (κ3) is 4.81. The molecular formula is C17H26N2O2. The Morgan fingerprint density at radius 3 is 2.33 bits per heavy atom. The zero-order chi connectivity index (χ0) is 15.7. The molecule has 0 unspecified atom stereocenters. The molecule has 2 N–H and O–H groups in total. The molecule has 0 spiro atoms. The molecule has 1 rings (SSSR count). The molecule has 0 saturated heterocycles. The lowest BCUT2D eigenvalue weighted by atomic mass is 10.1. The number of unbranched alkanes of at least 4 members (excludes halogenated alkanes) is 1. The van der Waals surface area contributed by atoms with E-state index in [4.69, 9.17) is 0 Å². The van der Waals surface area contributed by atoms with Gasteiger partial charge in [-0.15, -0.1) is 0 Å². The summed E-state index contributed by atoms with van der Waals surface area (Å²) in [4.78, 5) is 13.7. The van der Waals surface area contributed by atoms with Crippen molar-refractivity contribution in [3.8, 4) is 0 Å². The highest BCUT2D eigenvalue weighted by Gasteiger charge is 2.21. The highest BCUT2D eigenvalue weighted by molar-refractivity contribution is 5.92. The van der Waals surface area contributed by atoms with Crippen LogP contribution in [0.1, 0.15) is 40.0 Å². The maximum Gasteiger partial charge on any atom is 0.354 e. The van der Waals surface area contributed by atoms with Crippen LogP contribution >= 0.6 is 0 Å². The molecule has 0 aromatic heterocycles. The van der Waals surface area contributed by atoms with Crippen LogP contribution in [0.15, 0.2) is 41.7 Å². The first-order valence-corrected chi connectivity index (χ1v) is 7.68. The standard InChI is InChI=1S/C17H26N2O2/c1-4-7-13-15(18-5-2)16(17(20)21)19(6-3)14-11-9-8-10-12-14/h8-12,18H,4-7,13H2,1-3H3,(H,20,21)/b16-15+. The highest BCUT2D eigenvalue weighted by atomic mass is 16.4. The van der Waals surface area contributed by atoms with E-state index in [9.17, 15) is 9.90 Å². The smallest absolute Gasteiger partial charge is 0.354 e. The normalized spacial score (nSPS) is 11.8. The molecule has 4 nitrogen and oxygen atoms in total. The summed E-state index contributed by atoms with van der Waals surface area (Å²) in [6, 6.07) is 9.67. The minimum atomic E-state index is -0.882. The van der Waals surface area contributed by atoms with Crippen molar-refractivity contribution in [2.45, 2.75) is 40.0 Å². The Bertz CT molecular complexity index is 469. The van der Waals surface area contributed by atoms with E-state index in [1.807, 2.05) is 49.1 Å². The van der Waals surface area contributed by atoms with E-state index in [0.29, 0.717) is 12.2 Å². The topological polar surface area (TPSA) is 52.6 Å². The number of carboxylic acid groups (broad SMARTS) is 1. The van der Waals surface area contributed by atoms with Gasteiger partial charge in [0.1, 0.15) is 5.70 Å². The molecule has 0 fully saturated rings. The average Bonchev–Trinajstić information content (AvgIpc) is 2.50. The van der Waals surface area contributed by atoms with Crippen LogP contribution in [0, 0.1) is 0 Å². The van der Waals surface area contributed by atoms with Crippen LogP contribution in [-0.2, 0) is 4.79 Å². The molecule has 0 aliphatic rings. The quantitative estimate of drug-likeness (QED) is 0.682. The van der Waals surface area contributed by atoms with Crippen molar-refractivity contribution < 1.29 is 9.90 Å². The molecule has 116 valence electrons. The Morgan fingerprint density at radius 2 is 1.86 bits per heavy atom. The monoisotopic (exact) mass is 290 g/mol. The molecule has 0 atom stereocenters. The fourth-order valence-corrected chi connectivity index (χ4v) is 2.34. The molecule has 1 aromatic carbocycles. The molecule has 4 heteroatoms. The van der Waals surface area contributed by atoms with Gasteiger partial charge in [-0.2, -0.15) is 0 Å². The number of nitrogens with zero attached hydrogens (tertiary/aromatic N) is 1. The number of aliphatic carboxylic acids is 1. The second kappa shape index (κ2) is 9.06. The van der Waals surface area contributed by atoms with Crippen LogP contribution in [0.5, 0.6) is 0 Å². The highest BCUT2D eigenvalue weighted by Crippen LogP contribution is 2.22. The Hall–Kier alpha value is -1.97. The maximum absolute atomic E-state index is 11.8. The summed E-state index contributed by atoms with van der Waals surface area (Å²) >= 11 is 0. The lowest BCUT2D eigenvalue weighted by molar-refractivity contribution is -0.132. The molecule has 0 bridgehead atoms. The summed E-state index contributed by atoms with van der Waals surface area (Å²) in [6.07, 6.45) is 2.78. The van der Waals surface area contributed by atoms with Crippen molar-refractivity contribution in [1.82, 2.24) is 5.32 Å². The van der Waals surface area contributed by atoms with Crippen LogP contribution in [0.2, 0.25) is 0 Å². The van der Waals surface area contributed by atoms with E-state index in [-0.39, 0.29) is 0 Å². The first-order chi connectivity index (χ1) is 10.2. The molecule has 0 heterocycles. The first-order valence-electron chi connectivity index (χ1n) is 7.68. The number of rotatable bonds is 9. The number of hydrogen-bond acceptors (Lipinski definition) is 3. The zero-order valence-corrected chi connectivity index (χ0v) is 13.2. The van der Waals surface area contributed by atoms with E-state index < -0.39 is 5.97 Å². The zero-order valence-electron chi connectivity index (χ0n) is 13.2. The van der Waals surface area contributed by atoms with Gasteiger partial charge in [-0.3, -0.25) is 0 Å². The predicted octanol–water partition coefficient (Wildman–Crippen LogP) is 3.61. The van der Waals surface area contributed by atoms with E-state index in [1.54, 1.807) is 0 Å². The van der Waals surface area contributed by atoms with Gasteiger partial charge >= 0.3 is 5.97 Å². The van der Waals surface area contributed by atoms with Gasteiger partial charge in [0.05, 0.1) is 0 Å². The number of likely N-dealkylation sites (N-methyl/N-ethyl adjacent to an activating group) is 1. The Kier molecular flexibility index (Phi) is 7.37. The van der Waals surface area contributed by atoms with Gasteiger partial charge in [-0.25, -0.2) is 4.79 Å². The Labute approximate surface area is 127 Å². The summed E-state index contributed by atoms with van der Waals surface area (Å²) in [5.41, 5.74) is 2.08. The first kappa shape index (κ1) is 17.1. The predicted molar refractivity (Wildman–Crippen MR) is 87.3 cm³/mol. The largest absolute Gasteiger partial charge is 0.477 e. The molecule has 0 aliphatic carbocycles. The minimum Gasteiger partial charge on any atom is -0.477 e. The number of carbonyl (C=O) groups is 1. The lowest BCUT2D eigenvalue weighted by Gasteiger charge is -2.26. The summed E-state index contributed by atoms with van der Waals surface area (Å²) in [7, 11) is 0. The van der Waals surface area contributed by atoms with Gasteiger partial charge in [-0.1, -0.05) is 31.5 Å². The number of carboxylic acids is 1. The molecule has 0 aliphatic heterocycles. The number of para-hydroxylation sites is 1. The number of nitrogens with one attached hydrogen (secondary N) is 1. The van der Waals surface area contributed by atoms with Crippen molar-refractivity contribution in [2.75, 3.05) is 18.0 Å². The Morgan fingerprint density at radius 1 is 1.19 bits per heavy atom. The third-order valence-corrected chi connectivity index (χ3v) is 3.31. The van der Waals surface area contributed by atoms with Crippen LogP contribution in [0.3, 0.4) is 0 Å². The molecule has 0 amide bonds. The number of benzene rings is 1. The van der Waals surface area contributed by atoms with E-state index in [0.717, 1.165) is 37.2 Å². The Balaban J connectivity index is 3.25. The minimum absolute atomic E-state index is 0.360. The summed E-state index contributed by atoms with van der Waals surface area (Å²) < 4.78 is 0. The van der Waals surface area contributed by atoms with Crippen molar-refractivity contribution >= 4 is 11.7 Å². The molecule has 0 saturated carbocycles. The summed E-state index contributed by atoms with van der Waals surface area (Å²) in [5, 5.41) is 12.9. The second-order valence-electron chi connectivity index (χ2n) is 4.85. The van der Waals surface area contributed by atoms with Crippen LogP contribution in [-0.4, -0.2) is 24.2 Å². The fourth-order valence-electron chi connectivity index (χ4n) is 2.34. The molecular weight excluding hydrogens is 264 g/mol. The summed E-state index contributed by atoms with van der Waals surface area (Å²) in [6.45, 7) is 7.41. The van der Waals surface area contributed by atoms with Crippen LogP contribution < -0.4 is 10.2 Å². The van der Waals surface area contributed by atoms with Gasteiger partial charge in [0, 0.05) is 24.5 Å². The third-order valence-electron chi connectivity index (χ3n) is 3.31. The van der Waals surface area contributed by atoms with E-state index in [1.165, 1.54) is 0 Å². The number of hydrogen-bond donors (Lipinski definition) is 2. The molecule has 0 radical (unpaired) electrons. The van der Waals surface area contributed by atoms with Crippen LogP contribution in [0.25, 0.3) is 0 Å². The second-order valence-corrected chi connectivity index (χ2v) is 4.85. The number of anilines is 1. The van der Waals surface area contributed by atoms with Gasteiger partial charge in [0.15, 0.2) is 0 Å². The SMILES string of the molecule is CCCC/C(NCC)=C(/C(=O)O)N(CC)c1ccccc1. The van der Waals surface area contributed by atoms with Gasteiger partial charge in [0.2, 0.25) is 0 Å². The average molecular weight is 290 g/mol. The van der Waals surface area contributed by atoms with Crippen molar-refractivity contribution in [1.29, 1.82) is 0 Å². The van der Waals surface area contributed by atoms with E-state index >= 15 is 0 Å². The lowest BCUT2D eigenvalue weighted by Crippen LogP contribution is -2.32. The van der Waals surface area contributed by atoms with Gasteiger partial charge < -0.3 is 15.3 Å². The fraction of sp³-hybridized carbons (Fsp3) is 0.471. The van der Waals surface area contributed by atoms with E-state index in [2.05, 4.69) is 12.2 Å². The van der Waals surface area contributed by atoms with Crippen molar-refractivity contribution in [3.05, 3.63) is 41.7 Å². The summed E-state index contributed by atoms with van der Waals surface area (Å²) in [5.74, 6) is -0.882. The van der Waals surface area contributed by atoms with Gasteiger partial charge in [0.25, 0.3) is 0 Å².